The van der Waals surface area contributed by atoms with Crippen LogP contribution in [0.15, 0.2) is 6.33 Å². The molecule has 1 heterocycles. The molecule has 0 aliphatic heterocycles. The Balaban J connectivity index is 2.53. The van der Waals surface area contributed by atoms with Gasteiger partial charge in [0.15, 0.2) is 0 Å². The van der Waals surface area contributed by atoms with Crippen molar-refractivity contribution in [1.29, 1.82) is 0 Å². The zero-order chi connectivity index (χ0) is 10.6. The smallest absolute Gasteiger partial charge is 0.247 e. The predicted molar refractivity (Wildman–Crippen MR) is 48.0 cm³/mol. The van der Waals surface area contributed by atoms with E-state index >= 15 is 0 Å². The molecule has 0 unspecified atom stereocenters. The van der Waals surface area contributed by atoms with Crippen molar-refractivity contribution in [2.24, 2.45) is 5.73 Å². The quantitative estimate of drug-likeness (QED) is 0.772. The fourth-order valence-electron chi connectivity index (χ4n) is 1.10. The first-order chi connectivity index (χ1) is 6.53. The van der Waals surface area contributed by atoms with Gasteiger partial charge in [0, 0.05) is 19.4 Å². The van der Waals surface area contributed by atoms with Crippen molar-refractivity contribution in [2.75, 3.05) is 6.54 Å². The van der Waals surface area contributed by atoms with Crippen LogP contribution < -0.4 is 5.73 Å². The molecule has 0 saturated carbocycles. The Morgan fingerprint density at radius 1 is 1.57 bits per heavy atom. The summed E-state index contributed by atoms with van der Waals surface area (Å²) in [6, 6.07) is 0. The molecule has 0 spiro atoms. The SMILES string of the molecule is CC(F)(F)CCn1ncnc1CCN. The Morgan fingerprint density at radius 2 is 2.29 bits per heavy atom. The molecule has 0 aromatic carbocycles. The Labute approximate surface area is 81.1 Å². The second kappa shape index (κ2) is 4.45. The second-order valence-corrected chi connectivity index (χ2v) is 3.26. The largest absolute Gasteiger partial charge is 0.330 e. The molecule has 2 N–H and O–H groups in total. The third-order valence-electron chi connectivity index (χ3n) is 1.83. The number of rotatable bonds is 5. The van der Waals surface area contributed by atoms with Gasteiger partial charge in [0.05, 0.1) is 0 Å². The maximum absolute atomic E-state index is 12.5. The van der Waals surface area contributed by atoms with E-state index in [1.165, 1.54) is 11.0 Å². The van der Waals surface area contributed by atoms with Crippen LogP contribution in [0.5, 0.6) is 0 Å². The average Bonchev–Trinajstić information content (AvgIpc) is 2.48. The lowest BCUT2D eigenvalue weighted by Gasteiger charge is -2.10. The van der Waals surface area contributed by atoms with E-state index in [0.29, 0.717) is 18.8 Å². The van der Waals surface area contributed by atoms with E-state index in [-0.39, 0.29) is 13.0 Å². The van der Waals surface area contributed by atoms with E-state index in [1.807, 2.05) is 0 Å². The lowest BCUT2D eigenvalue weighted by Crippen LogP contribution is -2.17. The standard InChI is InChI=1S/C8H14F2N4/c1-8(9,10)3-5-14-7(2-4-11)12-6-13-14/h6H,2-5,11H2,1H3. The van der Waals surface area contributed by atoms with Crippen LogP contribution in [-0.4, -0.2) is 27.2 Å². The van der Waals surface area contributed by atoms with Gasteiger partial charge in [0.25, 0.3) is 0 Å². The van der Waals surface area contributed by atoms with E-state index in [9.17, 15) is 8.78 Å². The van der Waals surface area contributed by atoms with E-state index in [1.54, 1.807) is 0 Å². The van der Waals surface area contributed by atoms with Gasteiger partial charge in [-0.15, -0.1) is 0 Å². The van der Waals surface area contributed by atoms with E-state index < -0.39 is 5.92 Å². The fourth-order valence-corrected chi connectivity index (χ4v) is 1.10. The molecule has 0 amide bonds. The molecule has 0 aliphatic rings. The predicted octanol–water partition coefficient (Wildman–Crippen LogP) is 0.825. The normalized spacial score (nSPS) is 12.0. The Morgan fingerprint density at radius 3 is 2.86 bits per heavy atom. The Bertz CT molecular complexity index is 279. The number of aromatic nitrogens is 3. The second-order valence-electron chi connectivity index (χ2n) is 3.26. The van der Waals surface area contributed by atoms with Crippen molar-refractivity contribution in [3.8, 4) is 0 Å². The minimum atomic E-state index is -2.66. The van der Waals surface area contributed by atoms with E-state index in [0.717, 1.165) is 6.92 Å². The van der Waals surface area contributed by atoms with Gasteiger partial charge in [0.1, 0.15) is 12.2 Å². The summed E-state index contributed by atoms with van der Waals surface area (Å²) in [7, 11) is 0. The molecule has 1 aromatic heterocycles. The zero-order valence-electron chi connectivity index (χ0n) is 8.08. The van der Waals surface area contributed by atoms with Crippen LogP contribution in [0.1, 0.15) is 19.2 Å². The van der Waals surface area contributed by atoms with Gasteiger partial charge in [-0.05, 0) is 13.5 Å². The van der Waals surface area contributed by atoms with Gasteiger partial charge in [-0.1, -0.05) is 0 Å². The van der Waals surface area contributed by atoms with E-state index in [4.69, 9.17) is 5.73 Å². The minimum Gasteiger partial charge on any atom is -0.330 e. The van der Waals surface area contributed by atoms with Crippen LogP contribution in [0.4, 0.5) is 8.78 Å². The lowest BCUT2D eigenvalue weighted by molar-refractivity contribution is 0.00757. The first-order valence-electron chi connectivity index (χ1n) is 4.47. The summed E-state index contributed by atoms with van der Waals surface area (Å²) >= 11 is 0. The molecule has 1 aromatic rings. The molecule has 0 saturated heterocycles. The van der Waals surface area contributed by atoms with Crippen molar-refractivity contribution in [3.05, 3.63) is 12.2 Å². The average molecular weight is 204 g/mol. The summed E-state index contributed by atoms with van der Waals surface area (Å²) in [6.45, 7) is 1.52. The molecule has 14 heavy (non-hydrogen) atoms. The van der Waals surface area contributed by atoms with Crippen LogP contribution >= 0.6 is 0 Å². The van der Waals surface area contributed by atoms with Gasteiger partial charge in [-0.2, -0.15) is 5.10 Å². The summed E-state index contributed by atoms with van der Waals surface area (Å²) in [6.07, 6.45) is 1.70. The molecule has 0 fully saturated rings. The maximum atomic E-state index is 12.5. The molecule has 6 heteroatoms. The van der Waals surface area contributed by atoms with Gasteiger partial charge in [-0.3, -0.25) is 0 Å². The number of nitrogens with two attached hydrogens (primary N) is 1. The minimum absolute atomic E-state index is 0.179. The zero-order valence-corrected chi connectivity index (χ0v) is 8.08. The molecule has 0 atom stereocenters. The molecule has 0 radical (unpaired) electrons. The highest BCUT2D eigenvalue weighted by Gasteiger charge is 2.21. The van der Waals surface area contributed by atoms with Crippen LogP contribution in [0.2, 0.25) is 0 Å². The molecule has 4 nitrogen and oxygen atoms in total. The Hall–Kier alpha value is -1.04. The Kier molecular flexibility index (Phi) is 3.51. The first kappa shape index (κ1) is 11.0. The van der Waals surface area contributed by atoms with Crippen molar-refractivity contribution in [3.63, 3.8) is 0 Å². The molecular formula is C8H14F2N4. The summed E-state index contributed by atoms with van der Waals surface area (Å²) in [4.78, 5) is 3.93. The van der Waals surface area contributed by atoms with Crippen molar-refractivity contribution < 1.29 is 8.78 Å². The number of halogens is 2. The highest BCUT2D eigenvalue weighted by Crippen LogP contribution is 2.17. The number of alkyl halides is 2. The summed E-state index contributed by atoms with van der Waals surface area (Å²) in [5, 5.41) is 3.85. The molecular weight excluding hydrogens is 190 g/mol. The third-order valence-corrected chi connectivity index (χ3v) is 1.83. The van der Waals surface area contributed by atoms with Crippen LogP contribution in [-0.2, 0) is 13.0 Å². The third kappa shape index (κ3) is 3.37. The highest BCUT2D eigenvalue weighted by atomic mass is 19.3. The van der Waals surface area contributed by atoms with Gasteiger partial charge in [-0.25, -0.2) is 18.4 Å². The first-order valence-corrected chi connectivity index (χ1v) is 4.47. The van der Waals surface area contributed by atoms with Crippen LogP contribution in [0.3, 0.4) is 0 Å². The van der Waals surface area contributed by atoms with E-state index in [2.05, 4.69) is 10.1 Å². The van der Waals surface area contributed by atoms with Crippen LogP contribution in [0, 0.1) is 0 Å². The topological polar surface area (TPSA) is 56.7 Å². The molecule has 0 bridgehead atoms. The van der Waals surface area contributed by atoms with Crippen molar-refractivity contribution in [1.82, 2.24) is 14.8 Å². The van der Waals surface area contributed by atoms with Gasteiger partial charge < -0.3 is 5.73 Å². The maximum Gasteiger partial charge on any atom is 0.247 e. The molecule has 1 rings (SSSR count). The van der Waals surface area contributed by atoms with Gasteiger partial charge in [0.2, 0.25) is 5.92 Å². The lowest BCUT2D eigenvalue weighted by atomic mass is 10.2. The summed E-state index contributed by atoms with van der Waals surface area (Å²) in [5.74, 6) is -2.00. The summed E-state index contributed by atoms with van der Waals surface area (Å²) < 4.78 is 26.6. The fraction of sp³-hybridized carbons (Fsp3) is 0.750. The molecule has 80 valence electrons. The molecule has 0 aliphatic carbocycles. The highest BCUT2D eigenvalue weighted by molar-refractivity contribution is 4.85. The number of hydrogen-bond acceptors (Lipinski definition) is 3. The van der Waals surface area contributed by atoms with Crippen LogP contribution in [0.25, 0.3) is 0 Å². The summed E-state index contributed by atoms with van der Waals surface area (Å²) in [5.41, 5.74) is 5.34. The number of aryl methyl sites for hydroxylation is 1. The number of hydrogen-bond donors (Lipinski definition) is 1. The van der Waals surface area contributed by atoms with Crippen molar-refractivity contribution in [2.45, 2.75) is 32.2 Å². The number of nitrogens with zero attached hydrogens (tertiary/aromatic N) is 3. The monoisotopic (exact) mass is 204 g/mol. The van der Waals surface area contributed by atoms with Crippen molar-refractivity contribution >= 4 is 0 Å². The van der Waals surface area contributed by atoms with Gasteiger partial charge >= 0.3 is 0 Å².